The first-order chi connectivity index (χ1) is 15.9. The van der Waals surface area contributed by atoms with Crippen LogP contribution in [0.25, 0.3) is 10.2 Å². The minimum absolute atomic E-state index is 0.335. The molecule has 0 unspecified atom stereocenters. The van der Waals surface area contributed by atoms with E-state index in [2.05, 4.69) is 15.6 Å². The Labute approximate surface area is 195 Å². The number of carbonyl (C=O) groups excluding carboxylic acids is 3. The minimum Gasteiger partial charge on any atom is -0.457 e. The van der Waals surface area contributed by atoms with Gasteiger partial charge in [-0.2, -0.15) is 0 Å². The average molecular weight is 467 g/mol. The van der Waals surface area contributed by atoms with E-state index in [1.54, 1.807) is 0 Å². The van der Waals surface area contributed by atoms with Crippen molar-refractivity contribution in [3.63, 3.8) is 0 Å². The number of aromatic nitrogens is 1. The molecule has 1 saturated heterocycles. The van der Waals surface area contributed by atoms with Crippen LogP contribution in [-0.2, 0) is 9.59 Å². The van der Waals surface area contributed by atoms with Crippen molar-refractivity contribution in [3.05, 3.63) is 48.5 Å². The van der Waals surface area contributed by atoms with Gasteiger partial charge in [-0.3, -0.25) is 14.5 Å². The molecule has 0 radical (unpaired) electrons. The van der Waals surface area contributed by atoms with Gasteiger partial charge in [0, 0.05) is 6.07 Å². The summed E-state index contributed by atoms with van der Waals surface area (Å²) in [5.74, 6) is 0.587. The molecule has 33 heavy (non-hydrogen) atoms. The van der Waals surface area contributed by atoms with Gasteiger partial charge in [-0.15, -0.1) is 0 Å². The SMILES string of the molecule is CCCC1(CCC)NC(=O)N(CC(=O)Nc2nc3ccc(Oc4ccccc4)cc3s2)C1=O. The molecule has 1 aromatic heterocycles. The number of imide groups is 1. The van der Waals surface area contributed by atoms with Crippen LogP contribution in [0.4, 0.5) is 9.93 Å². The number of hydrogen-bond donors (Lipinski definition) is 2. The first kappa shape index (κ1) is 22.7. The Hall–Kier alpha value is -3.46. The summed E-state index contributed by atoms with van der Waals surface area (Å²) in [5.41, 5.74) is -0.193. The molecule has 2 heterocycles. The Balaban J connectivity index is 1.43. The fraction of sp³-hybridized carbons (Fsp3) is 0.333. The van der Waals surface area contributed by atoms with Crippen molar-refractivity contribution in [1.82, 2.24) is 15.2 Å². The molecule has 3 aromatic rings. The maximum Gasteiger partial charge on any atom is 0.325 e. The summed E-state index contributed by atoms with van der Waals surface area (Å²) in [6.07, 6.45) is 2.62. The molecule has 0 saturated carbocycles. The summed E-state index contributed by atoms with van der Waals surface area (Å²) in [6.45, 7) is 3.59. The number of rotatable bonds is 9. The van der Waals surface area contributed by atoms with Crippen molar-refractivity contribution in [2.24, 2.45) is 0 Å². The largest absolute Gasteiger partial charge is 0.457 e. The molecule has 0 bridgehead atoms. The van der Waals surface area contributed by atoms with Gasteiger partial charge >= 0.3 is 6.03 Å². The van der Waals surface area contributed by atoms with Crippen LogP contribution in [0, 0.1) is 0 Å². The zero-order chi connectivity index (χ0) is 23.4. The van der Waals surface area contributed by atoms with E-state index in [4.69, 9.17) is 4.74 Å². The van der Waals surface area contributed by atoms with Gasteiger partial charge < -0.3 is 15.4 Å². The Morgan fingerprint density at radius 3 is 2.52 bits per heavy atom. The number of urea groups is 1. The molecule has 0 aliphatic carbocycles. The fourth-order valence-electron chi connectivity index (χ4n) is 4.09. The van der Waals surface area contributed by atoms with Crippen LogP contribution >= 0.6 is 11.3 Å². The fourth-order valence-corrected chi connectivity index (χ4v) is 5.00. The van der Waals surface area contributed by atoms with Crippen molar-refractivity contribution in [3.8, 4) is 11.5 Å². The molecular weight excluding hydrogens is 440 g/mol. The molecule has 4 rings (SSSR count). The predicted octanol–water partition coefficient (Wildman–Crippen LogP) is 4.92. The van der Waals surface area contributed by atoms with Crippen molar-refractivity contribution >= 4 is 44.5 Å². The van der Waals surface area contributed by atoms with Gasteiger partial charge in [-0.1, -0.05) is 56.2 Å². The zero-order valence-electron chi connectivity index (χ0n) is 18.6. The molecule has 9 heteroatoms. The highest BCUT2D eigenvalue weighted by Gasteiger charge is 2.50. The van der Waals surface area contributed by atoms with Crippen LogP contribution in [0.15, 0.2) is 48.5 Å². The third-order valence-corrected chi connectivity index (χ3v) is 6.42. The van der Waals surface area contributed by atoms with Crippen molar-refractivity contribution in [2.45, 2.75) is 45.1 Å². The molecule has 0 atom stereocenters. The van der Waals surface area contributed by atoms with Crippen LogP contribution < -0.4 is 15.4 Å². The Morgan fingerprint density at radius 1 is 1.09 bits per heavy atom. The molecule has 1 fully saturated rings. The van der Waals surface area contributed by atoms with E-state index in [0.717, 1.165) is 33.7 Å². The Kier molecular flexibility index (Phi) is 6.60. The van der Waals surface area contributed by atoms with Gasteiger partial charge in [0.05, 0.1) is 10.2 Å². The number of benzene rings is 2. The van der Waals surface area contributed by atoms with Crippen LogP contribution in [0.5, 0.6) is 11.5 Å². The lowest BCUT2D eigenvalue weighted by Crippen LogP contribution is -2.47. The maximum atomic E-state index is 13.0. The molecule has 2 aromatic carbocycles. The molecule has 8 nitrogen and oxygen atoms in total. The van der Waals surface area contributed by atoms with E-state index >= 15 is 0 Å². The van der Waals surface area contributed by atoms with Gasteiger partial charge in [0.2, 0.25) is 5.91 Å². The molecule has 4 amide bonds. The monoisotopic (exact) mass is 466 g/mol. The number of amides is 4. The number of nitrogens with one attached hydrogen (secondary N) is 2. The van der Waals surface area contributed by atoms with E-state index in [-0.39, 0.29) is 12.5 Å². The molecular formula is C24H26N4O4S. The van der Waals surface area contributed by atoms with Crippen LogP contribution in [0.1, 0.15) is 39.5 Å². The highest BCUT2D eigenvalue weighted by Crippen LogP contribution is 2.32. The summed E-state index contributed by atoms with van der Waals surface area (Å²) in [7, 11) is 0. The second-order valence-electron chi connectivity index (χ2n) is 8.02. The lowest BCUT2D eigenvalue weighted by atomic mass is 9.88. The van der Waals surface area contributed by atoms with Crippen LogP contribution in [0.2, 0.25) is 0 Å². The normalized spacial score (nSPS) is 15.0. The number of ether oxygens (including phenoxy) is 1. The average Bonchev–Trinajstić information content (AvgIpc) is 3.28. The quantitative estimate of drug-likeness (QED) is 0.436. The zero-order valence-corrected chi connectivity index (χ0v) is 19.4. The number of hydrogen-bond acceptors (Lipinski definition) is 6. The van der Waals surface area contributed by atoms with Gasteiger partial charge in [0.25, 0.3) is 5.91 Å². The van der Waals surface area contributed by atoms with Crippen molar-refractivity contribution in [2.75, 3.05) is 11.9 Å². The molecule has 0 spiro atoms. The molecule has 172 valence electrons. The lowest BCUT2D eigenvalue weighted by molar-refractivity contribution is -0.134. The van der Waals surface area contributed by atoms with Crippen molar-refractivity contribution in [1.29, 1.82) is 0 Å². The highest BCUT2D eigenvalue weighted by atomic mass is 32.1. The summed E-state index contributed by atoms with van der Waals surface area (Å²) in [5, 5.41) is 5.93. The molecule has 2 N–H and O–H groups in total. The van der Waals surface area contributed by atoms with E-state index in [1.807, 2.05) is 62.4 Å². The van der Waals surface area contributed by atoms with Gasteiger partial charge in [-0.05, 0) is 37.1 Å². The first-order valence-corrected chi connectivity index (χ1v) is 11.8. The summed E-state index contributed by atoms with van der Waals surface area (Å²) in [4.78, 5) is 43.5. The number of carbonyl (C=O) groups is 3. The van der Waals surface area contributed by atoms with Crippen LogP contribution in [-0.4, -0.2) is 39.8 Å². The predicted molar refractivity (Wildman–Crippen MR) is 128 cm³/mol. The summed E-state index contributed by atoms with van der Waals surface area (Å²) < 4.78 is 6.70. The van der Waals surface area contributed by atoms with E-state index in [1.165, 1.54) is 11.3 Å². The lowest BCUT2D eigenvalue weighted by Gasteiger charge is -2.25. The van der Waals surface area contributed by atoms with Crippen molar-refractivity contribution < 1.29 is 19.1 Å². The van der Waals surface area contributed by atoms with Gasteiger partial charge in [-0.25, -0.2) is 9.78 Å². The smallest absolute Gasteiger partial charge is 0.325 e. The third-order valence-electron chi connectivity index (χ3n) is 5.49. The summed E-state index contributed by atoms with van der Waals surface area (Å²) >= 11 is 1.30. The third kappa shape index (κ3) is 4.83. The number of fused-ring (bicyclic) bond motifs is 1. The Morgan fingerprint density at radius 2 is 1.82 bits per heavy atom. The minimum atomic E-state index is -0.911. The number of anilines is 1. The van der Waals surface area contributed by atoms with E-state index in [9.17, 15) is 14.4 Å². The van der Waals surface area contributed by atoms with Gasteiger partial charge in [0.15, 0.2) is 5.13 Å². The first-order valence-electron chi connectivity index (χ1n) is 11.0. The number of thiazole rings is 1. The van der Waals surface area contributed by atoms with Crippen LogP contribution in [0.3, 0.4) is 0 Å². The Bertz CT molecular complexity index is 1170. The van der Waals surface area contributed by atoms with E-state index in [0.29, 0.717) is 23.7 Å². The number of para-hydroxylation sites is 1. The summed E-state index contributed by atoms with van der Waals surface area (Å²) in [6, 6.07) is 14.4. The second kappa shape index (κ2) is 9.58. The van der Waals surface area contributed by atoms with E-state index < -0.39 is 17.5 Å². The number of nitrogens with zero attached hydrogens (tertiary/aromatic N) is 2. The maximum absolute atomic E-state index is 13.0. The molecule has 1 aliphatic heterocycles. The second-order valence-corrected chi connectivity index (χ2v) is 9.05. The standard InChI is InChI=1S/C24H26N4O4S/c1-3-12-24(13-4-2)21(30)28(23(31)27-24)15-20(29)26-22-25-18-11-10-17(14-19(18)33-22)32-16-8-6-5-7-9-16/h5-11,14H,3-4,12-13,15H2,1-2H3,(H,27,31)(H,25,26,29). The molecule has 1 aliphatic rings. The topological polar surface area (TPSA) is 101 Å². The van der Waals surface area contributed by atoms with Gasteiger partial charge in [0.1, 0.15) is 23.6 Å². The highest BCUT2D eigenvalue weighted by molar-refractivity contribution is 7.22.